The van der Waals surface area contributed by atoms with E-state index < -0.39 is 29.9 Å². The van der Waals surface area contributed by atoms with Crippen LogP contribution in [0, 0.1) is 0 Å². The number of ether oxygens (including phenoxy) is 2. The molecule has 0 bridgehead atoms. The molecular weight excluding hydrogens is 400 g/mol. The van der Waals surface area contributed by atoms with E-state index in [4.69, 9.17) is 4.74 Å². The quantitative estimate of drug-likeness (QED) is 0.661. The number of carbonyl (C=O) groups is 4. The summed E-state index contributed by atoms with van der Waals surface area (Å²) in [7, 11) is 1.18. The van der Waals surface area contributed by atoms with Crippen LogP contribution in [0.15, 0.2) is 48.5 Å². The molecule has 0 saturated carbocycles. The van der Waals surface area contributed by atoms with E-state index in [1.165, 1.54) is 14.0 Å². The van der Waals surface area contributed by atoms with Crippen molar-refractivity contribution in [2.24, 2.45) is 0 Å². The minimum absolute atomic E-state index is 0.0318. The minimum atomic E-state index is -1.07. The van der Waals surface area contributed by atoms with Crippen LogP contribution in [0.2, 0.25) is 0 Å². The fourth-order valence-corrected chi connectivity index (χ4v) is 3.71. The van der Waals surface area contributed by atoms with Gasteiger partial charge in [-0.15, -0.1) is 0 Å². The molecule has 1 aliphatic rings. The number of methoxy groups -OCH3 is 1. The van der Waals surface area contributed by atoms with Gasteiger partial charge in [-0.25, -0.2) is 9.59 Å². The summed E-state index contributed by atoms with van der Waals surface area (Å²) in [6.45, 7) is 1.31. The summed E-state index contributed by atoms with van der Waals surface area (Å²) < 4.78 is 10.1. The predicted octanol–water partition coefficient (Wildman–Crippen LogP) is 2.51. The smallest absolute Gasteiger partial charge is 0.407 e. The molecule has 2 aromatic rings. The van der Waals surface area contributed by atoms with Gasteiger partial charge in [-0.05, 0) is 28.7 Å². The van der Waals surface area contributed by atoms with Gasteiger partial charge in [0.25, 0.3) is 0 Å². The van der Waals surface area contributed by atoms with Crippen molar-refractivity contribution in [2.75, 3.05) is 13.7 Å². The van der Waals surface area contributed by atoms with Crippen LogP contribution in [0.25, 0.3) is 11.1 Å². The number of rotatable bonds is 7. The molecule has 2 N–H and O–H groups in total. The third-order valence-corrected chi connectivity index (χ3v) is 5.10. The monoisotopic (exact) mass is 424 g/mol. The Kier molecular flexibility index (Phi) is 7.02. The maximum atomic E-state index is 12.4. The molecule has 8 nitrogen and oxygen atoms in total. The zero-order chi connectivity index (χ0) is 22.4. The van der Waals surface area contributed by atoms with Crippen molar-refractivity contribution >= 4 is 23.9 Å². The van der Waals surface area contributed by atoms with Gasteiger partial charge in [-0.3, -0.25) is 14.9 Å². The molecule has 0 saturated heterocycles. The van der Waals surface area contributed by atoms with E-state index in [2.05, 4.69) is 15.4 Å². The Bertz CT molecular complexity index is 958. The average Bonchev–Trinajstić information content (AvgIpc) is 3.08. The summed E-state index contributed by atoms with van der Waals surface area (Å²) in [5.41, 5.74) is 4.36. The molecule has 31 heavy (non-hydrogen) atoms. The lowest BCUT2D eigenvalue weighted by Crippen LogP contribution is -2.43. The third-order valence-electron chi connectivity index (χ3n) is 5.10. The van der Waals surface area contributed by atoms with Crippen LogP contribution in [0.1, 0.15) is 36.8 Å². The fraction of sp³-hybridized carbons (Fsp3) is 0.304. The second kappa shape index (κ2) is 9.88. The van der Waals surface area contributed by atoms with Crippen LogP contribution in [-0.2, 0) is 23.9 Å². The van der Waals surface area contributed by atoms with Crippen LogP contribution >= 0.6 is 0 Å². The molecule has 1 aliphatic carbocycles. The highest BCUT2D eigenvalue weighted by atomic mass is 16.6. The summed E-state index contributed by atoms with van der Waals surface area (Å²) in [5, 5.41) is 4.56. The summed E-state index contributed by atoms with van der Waals surface area (Å²) >= 11 is 0. The first-order valence-corrected chi connectivity index (χ1v) is 9.90. The number of amides is 3. The van der Waals surface area contributed by atoms with E-state index in [0.29, 0.717) is 0 Å². The first-order chi connectivity index (χ1) is 14.9. The van der Waals surface area contributed by atoms with E-state index in [9.17, 15) is 19.2 Å². The Balaban J connectivity index is 1.62. The Hall–Kier alpha value is -3.68. The Morgan fingerprint density at radius 3 is 2.10 bits per heavy atom. The summed E-state index contributed by atoms with van der Waals surface area (Å²) in [4.78, 5) is 47.0. The maximum Gasteiger partial charge on any atom is 0.407 e. The lowest BCUT2D eigenvalue weighted by molar-refractivity contribution is -0.143. The highest BCUT2D eigenvalue weighted by Gasteiger charge is 2.30. The number of esters is 1. The largest absolute Gasteiger partial charge is 0.467 e. The number of nitrogens with one attached hydrogen (secondary N) is 2. The van der Waals surface area contributed by atoms with Gasteiger partial charge in [-0.1, -0.05) is 48.5 Å². The molecule has 0 aromatic heterocycles. The van der Waals surface area contributed by atoms with Crippen molar-refractivity contribution in [2.45, 2.75) is 31.7 Å². The molecule has 0 heterocycles. The highest BCUT2D eigenvalue weighted by molar-refractivity contribution is 5.94. The minimum Gasteiger partial charge on any atom is -0.467 e. The lowest BCUT2D eigenvalue weighted by Gasteiger charge is -2.18. The number of fused-ring (bicyclic) bond motifs is 3. The van der Waals surface area contributed by atoms with Crippen molar-refractivity contribution in [3.8, 4) is 11.1 Å². The van der Waals surface area contributed by atoms with Crippen molar-refractivity contribution in [1.29, 1.82) is 0 Å². The van der Waals surface area contributed by atoms with Crippen molar-refractivity contribution < 1.29 is 28.7 Å². The zero-order valence-corrected chi connectivity index (χ0v) is 17.3. The van der Waals surface area contributed by atoms with Gasteiger partial charge < -0.3 is 14.8 Å². The van der Waals surface area contributed by atoms with Gasteiger partial charge in [0.05, 0.1) is 7.11 Å². The molecule has 8 heteroatoms. The number of benzene rings is 2. The lowest BCUT2D eigenvalue weighted by atomic mass is 9.98. The zero-order valence-electron chi connectivity index (χ0n) is 17.3. The van der Waals surface area contributed by atoms with Crippen molar-refractivity contribution in [1.82, 2.24) is 10.6 Å². The van der Waals surface area contributed by atoms with E-state index >= 15 is 0 Å². The fourth-order valence-electron chi connectivity index (χ4n) is 3.71. The van der Waals surface area contributed by atoms with Gasteiger partial charge in [-0.2, -0.15) is 0 Å². The van der Waals surface area contributed by atoms with Gasteiger partial charge in [0, 0.05) is 19.3 Å². The molecule has 3 rings (SSSR count). The predicted molar refractivity (Wildman–Crippen MR) is 112 cm³/mol. The topological polar surface area (TPSA) is 111 Å². The van der Waals surface area contributed by atoms with Gasteiger partial charge >= 0.3 is 12.1 Å². The van der Waals surface area contributed by atoms with Crippen molar-refractivity contribution in [3.05, 3.63) is 59.7 Å². The van der Waals surface area contributed by atoms with Crippen molar-refractivity contribution in [3.63, 3.8) is 0 Å². The SMILES string of the molecule is COC(=O)[C@H](CCC(=O)NC(C)=O)NC(=O)OCC1c2ccccc2-c2ccccc21. The maximum absolute atomic E-state index is 12.4. The molecule has 0 unspecified atom stereocenters. The summed E-state index contributed by atoms with van der Waals surface area (Å²) in [6.07, 6.45) is -0.955. The molecular formula is C23H24N2O6. The number of carbonyl (C=O) groups excluding carboxylic acids is 4. The second-order valence-electron chi connectivity index (χ2n) is 7.19. The number of alkyl carbamates (subject to hydrolysis) is 1. The van der Waals surface area contributed by atoms with Gasteiger partial charge in [0.2, 0.25) is 11.8 Å². The van der Waals surface area contributed by atoms with Gasteiger partial charge in [0.15, 0.2) is 0 Å². The Labute approximate surface area is 179 Å². The van der Waals surface area contributed by atoms with Gasteiger partial charge in [0.1, 0.15) is 12.6 Å². The van der Waals surface area contributed by atoms with E-state index in [1.807, 2.05) is 48.5 Å². The summed E-state index contributed by atoms with van der Waals surface area (Å²) in [6, 6.07) is 14.8. The molecule has 1 atom stereocenters. The number of imide groups is 1. The number of hydrogen-bond donors (Lipinski definition) is 2. The van der Waals surface area contributed by atoms with Crippen LogP contribution in [-0.4, -0.2) is 43.6 Å². The van der Waals surface area contributed by atoms with E-state index in [-0.39, 0.29) is 25.4 Å². The van der Waals surface area contributed by atoms with Crippen LogP contribution in [0.4, 0.5) is 4.79 Å². The highest BCUT2D eigenvalue weighted by Crippen LogP contribution is 2.44. The average molecular weight is 424 g/mol. The molecule has 0 fully saturated rings. The molecule has 0 spiro atoms. The Morgan fingerprint density at radius 2 is 1.55 bits per heavy atom. The Morgan fingerprint density at radius 1 is 0.968 bits per heavy atom. The van der Waals surface area contributed by atoms with Crippen LogP contribution < -0.4 is 10.6 Å². The van der Waals surface area contributed by atoms with Crippen LogP contribution in [0.3, 0.4) is 0 Å². The molecule has 0 aliphatic heterocycles. The van der Waals surface area contributed by atoms with Crippen LogP contribution in [0.5, 0.6) is 0 Å². The molecule has 3 amide bonds. The second-order valence-corrected chi connectivity index (χ2v) is 7.19. The van der Waals surface area contributed by atoms with E-state index in [1.54, 1.807) is 0 Å². The first-order valence-electron chi connectivity index (χ1n) is 9.90. The molecule has 2 aromatic carbocycles. The normalized spacial score (nSPS) is 12.8. The standard InChI is InChI=1S/C23H24N2O6/c1-14(26)24-21(27)12-11-20(22(28)30-2)25-23(29)31-13-19-17-9-5-3-7-15(17)16-8-4-6-10-18(16)19/h3-10,19-20H,11-13H2,1-2H3,(H,25,29)(H,24,26,27)/t20-/m0/s1. The van der Waals surface area contributed by atoms with E-state index in [0.717, 1.165) is 22.3 Å². The summed E-state index contributed by atoms with van der Waals surface area (Å²) in [5.74, 6) is -1.86. The number of hydrogen-bond acceptors (Lipinski definition) is 6. The molecule has 0 radical (unpaired) electrons. The molecule has 162 valence electrons. The first kappa shape index (κ1) is 22.0. The third kappa shape index (κ3) is 5.28.